The Bertz CT molecular complexity index is 1040. The molecule has 1 N–H and O–H groups in total. The van der Waals surface area contributed by atoms with E-state index in [4.69, 9.17) is 4.74 Å². The first-order chi connectivity index (χ1) is 14.6. The number of rotatable bonds is 9. The summed E-state index contributed by atoms with van der Waals surface area (Å²) >= 11 is 7.06. The second-order valence-corrected chi connectivity index (χ2v) is 8.66. The molecule has 3 rings (SSSR count). The molecule has 156 valence electrons. The number of carbonyl (C=O) groups excluding carboxylic acids is 1. The fourth-order valence-corrected chi connectivity index (χ4v) is 4.08. The predicted molar refractivity (Wildman–Crippen MR) is 130 cm³/mol. The van der Waals surface area contributed by atoms with Gasteiger partial charge in [-0.05, 0) is 63.3 Å². The molecule has 6 heteroatoms. The van der Waals surface area contributed by atoms with E-state index < -0.39 is 0 Å². The van der Waals surface area contributed by atoms with Crippen LogP contribution in [0.2, 0.25) is 0 Å². The molecule has 0 aliphatic rings. The molecule has 0 heterocycles. The molecule has 0 spiro atoms. The van der Waals surface area contributed by atoms with Crippen LogP contribution in [0.1, 0.15) is 38.2 Å². The van der Waals surface area contributed by atoms with E-state index in [9.17, 15) is 4.79 Å². The number of nitrogens with zero attached hydrogens (tertiary/aromatic N) is 1. The summed E-state index contributed by atoms with van der Waals surface area (Å²) in [7, 11) is 0. The van der Waals surface area contributed by atoms with Gasteiger partial charge in [0.15, 0.2) is 6.61 Å². The third-order valence-corrected chi connectivity index (χ3v) is 5.99. The molecule has 0 aliphatic heterocycles. The van der Waals surface area contributed by atoms with Crippen molar-refractivity contribution in [2.75, 3.05) is 6.61 Å². The van der Waals surface area contributed by atoms with Gasteiger partial charge in [-0.2, -0.15) is 5.10 Å². The van der Waals surface area contributed by atoms with Crippen molar-refractivity contribution in [3.05, 3.63) is 75.2 Å². The quantitative estimate of drug-likeness (QED) is 0.186. The van der Waals surface area contributed by atoms with Crippen LogP contribution in [0.25, 0.3) is 10.8 Å². The van der Waals surface area contributed by atoms with Gasteiger partial charge in [0.05, 0.1) is 10.2 Å². The van der Waals surface area contributed by atoms with Crippen molar-refractivity contribution in [3.8, 4) is 5.75 Å². The van der Waals surface area contributed by atoms with Crippen molar-refractivity contribution in [2.24, 2.45) is 5.10 Å². The highest BCUT2D eigenvalue weighted by Gasteiger charge is 2.10. The molecule has 0 saturated heterocycles. The molecule has 0 bridgehead atoms. The number of hydrogen-bond acceptors (Lipinski definition) is 3. The lowest BCUT2D eigenvalue weighted by Gasteiger charge is -2.11. The van der Waals surface area contributed by atoms with Crippen LogP contribution in [0, 0.1) is 0 Å². The van der Waals surface area contributed by atoms with Crippen LogP contribution in [0.3, 0.4) is 0 Å². The standard InChI is InChI=1S/C24H24Br2N2O2/c1-2-3-5-10-21(17-8-6-4-7-9-17)27-28-23(29)16-30-22-14-11-18-15-19(25)12-13-20(18)24(22)26/h4,6-9,11-15H,2-3,5,10,16H2,1H3,(H,28,29)/b27-21+. The Kier molecular flexibility index (Phi) is 8.46. The third-order valence-electron chi connectivity index (χ3n) is 4.68. The fraction of sp³-hybridized carbons (Fsp3) is 0.250. The zero-order valence-electron chi connectivity index (χ0n) is 16.8. The lowest BCUT2D eigenvalue weighted by Crippen LogP contribution is -2.26. The molecule has 3 aromatic rings. The maximum absolute atomic E-state index is 12.3. The van der Waals surface area contributed by atoms with E-state index in [0.717, 1.165) is 56.7 Å². The van der Waals surface area contributed by atoms with Gasteiger partial charge in [-0.15, -0.1) is 0 Å². The summed E-state index contributed by atoms with van der Waals surface area (Å²) < 4.78 is 7.58. The topological polar surface area (TPSA) is 50.7 Å². The number of nitrogens with one attached hydrogen (secondary N) is 1. The first kappa shape index (κ1) is 22.5. The van der Waals surface area contributed by atoms with E-state index in [1.807, 2.05) is 60.7 Å². The van der Waals surface area contributed by atoms with E-state index in [-0.39, 0.29) is 12.5 Å². The van der Waals surface area contributed by atoms with Crippen molar-refractivity contribution in [1.29, 1.82) is 0 Å². The minimum atomic E-state index is -0.290. The summed E-state index contributed by atoms with van der Waals surface area (Å²) in [5, 5.41) is 6.49. The monoisotopic (exact) mass is 530 g/mol. The predicted octanol–water partition coefficient (Wildman–Crippen LogP) is 6.84. The Balaban J connectivity index is 1.64. The maximum atomic E-state index is 12.3. The van der Waals surface area contributed by atoms with E-state index in [1.165, 1.54) is 0 Å². The largest absolute Gasteiger partial charge is 0.483 e. The Hall–Kier alpha value is -2.18. The lowest BCUT2D eigenvalue weighted by atomic mass is 10.0. The number of unbranched alkanes of at least 4 members (excludes halogenated alkanes) is 2. The zero-order valence-corrected chi connectivity index (χ0v) is 20.0. The molecule has 0 radical (unpaired) electrons. The van der Waals surface area contributed by atoms with Gasteiger partial charge in [0.2, 0.25) is 0 Å². The number of carbonyl (C=O) groups is 1. The fourth-order valence-electron chi connectivity index (χ4n) is 3.10. The zero-order chi connectivity index (χ0) is 21.3. The van der Waals surface area contributed by atoms with Gasteiger partial charge in [0.25, 0.3) is 5.91 Å². The van der Waals surface area contributed by atoms with E-state index in [2.05, 4.69) is 49.3 Å². The second kappa shape index (κ2) is 11.3. The highest BCUT2D eigenvalue weighted by molar-refractivity contribution is 9.11. The Morgan fingerprint density at radius 2 is 1.83 bits per heavy atom. The number of amides is 1. The van der Waals surface area contributed by atoms with Crippen LogP contribution < -0.4 is 10.2 Å². The SMILES string of the molecule is CCCCC/C(=N\NC(=O)COc1ccc2cc(Br)ccc2c1Br)c1ccccc1. The van der Waals surface area contributed by atoms with Gasteiger partial charge in [-0.3, -0.25) is 4.79 Å². The summed E-state index contributed by atoms with van der Waals surface area (Å²) in [6.45, 7) is 2.06. The van der Waals surface area contributed by atoms with E-state index in [0.29, 0.717) is 5.75 Å². The molecule has 0 fully saturated rings. The van der Waals surface area contributed by atoms with Gasteiger partial charge in [0, 0.05) is 4.47 Å². The number of hydrogen-bond donors (Lipinski definition) is 1. The Morgan fingerprint density at radius 3 is 2.60 bits per heavy atom. The molecular formula is C24H24Br2N2O2. The Morgan fingerprint density at radius 1 is 1.03 bits per heavy atom. The summed E-state index contributed by atoms with van der Waals surface area (Å²) in [4.78, 5) is 12.3. The van der Waals surface area contributed by atoms with Crippen molar-refractivity contribution in [2.45, 2.75) is 32.6 Å². The first-order valence-electron chi connectivity index (χ1n) is 10.00. The number of ether oxygens (including phenoxy) is 1. The highest BCUT2D eigenvalue weighted by atomic mass is 79.9. The van der Waals surface area contributed by atoms with Crippen LogP contribution in [0.4, 0.5) is 0 Å². The number of halogens is 2. The van der Waals surface area contributed by atoms with Crippen molar-refractivity contribution >= 4 is 54.3 Å². The Labute approximate surface area is 194 Å². The van der Waals surface area contributed by atoms with Crippen LogP contribution >= 0.6 is 31.9 Å². The van der Waals surface area contributed by atoms with Crippen molar-refractivity contribution < 1.29 is 9.53 Å². The van der Waals surface area contributed by atoms with Gasteiger partial charge >= 0.3 is 0 Å². The lowest BCUT2D eigenvalue weighted by molar-refractivity contribution is -0.123. The molecule has 0 aromatic heterocycles. The highest BCUT2D eigenvalue weighted by Crippen LogP contribution is 2.34. The summed E-state index contributed by atoms with van der Waals surface area (Å²) in [5.41, 5.74) is 4.56. The molecule has 0 unspecified atom stereocenters. The second-order valence-electron chi connectivity index (χ2n) is 6.95. The van der Waals surface area contributed by atoms with Crippen molar-refractivity contribution in [3.63, 3.8) is 0 Å². The van der Waals surface area contributed by atoms with Gasteiger partial charge < -0.3 is 4.74 Å². The normalized spacial score (nSPS) is 11.5. The first-order valence-corrected chi connectivity index (χ1v) is 11.6. The van der Waals surface area contributed by atoms with E-state index in [1.54, 1.807) is 0 Å². The molecule has 0 saturated carbocycles. The third kappa shape index (κ3) is 6.16. The van der Waals surface area contributed by atoms with Crippen LogP contribution in [0.5, 0.6) is 5.75 Å². The van der Waals surface area contributed by atoms with Crippen LogP contribution in [-0.2, 0) is 4.79 Å². The number of benzene rings is 3. The van der Waals surface area contributed by atoms with E-state index >= 15 is 0 Å². The molecular weight excluding hydrogens is 508 g/mol. The molecule has 0 atom stereocenters. The average Bonchev–Trinajstić information content (AvgIpc) is 2.76. The number of fused-ring (bicyclic) bond motifs is 1. The average molecular weight is 532 g/mol. The molecule has 0 aliphatic carbocycles. The maximum Gasteiger partial charge on any atom is 0.277 e. The van der Waals surface area contributed by atoms with Crippen LogP contribution in [-0.4, -0.2) is 18.2 Å². The minimum absolute atomic E-state index is 0.110. The summed E-state index contributed by atoms with van der Waals surface area (Å²) in [5.74, 6) is 0.330. The van der Waals surface area contributed by atoms with Gasteiger partial charge in [0.1, 0.15) is 5.75 Å². The molecule has 4 nitrogen and oxygen atoms in total. The van der Waals surface area contributed by atoms with Crippen molar-refractivity contribution in [1.82, 2.24) is 5.43 Å². The van der Waals surface area contributed by atoms with Crippen LogP contribution in [0.15, 0.2) is 74.7 Å². The van der Waals surface area contributed by atoms with Gasteiger partial charge in [-0.1, -0.05) is 78.2 Å². The molecule has 30 heavy (non-hydrogen) atoms. The number of hydrazone groups is 1. The smallest absolute Gasteiger partial charge is 0.277 e. The summed E-state index contributed by atoms with van der Waals surface area (Å²) in [6.07, 6.45) is 4.14. The molecule has 1 amide bonds. The van der Waals surface area contributed by atoms with Gasteiger partial charge in [-0.25, -0.2) is 5.43 Å². The molecule has 3 aromatic carbocycles. The minimum Gasteiger partial charge on any atom is -0.483 e. The summed E-state index contributed by atoms with van der Waals surface area (Å²) in [6, 6.07) is 19.8.